The van der Waals surface area contributed by atoms with Crippen LogP contribution < -0.4 is 5.32 Å². The molecule has 1 N–H and O–H groups in total. The fourth-order valence-corrected chi connectivity index (χ4v) is 4.84. The first-order chi connectivity index (χ1) is 16.7. The minimum Gasteiger partial charge on any atom is -0.443 e. The van der Waals surface area contributed by atoms with Crippen LogP contribution in [0, 0.1) is 11.6 Å². The van der Waals surface area contributed by atoms with Gasteiger partial charge >= 0.3 is 12.5 Å². The van der Waals surface area contributed by atoms with Gasteiger partial charge < -0.3 is 19.7 Å². The van der Waals surface area contributed by atoms with Gasteiger partial charge in [-0.3, -0.25) is 4.90 Å². The molecule has 6 nitrogen and oxygen atoms in total. The lowest BCUT2D eigenvalue weighted by Gasteiger charge is -2.36. The Hall–Kier alpha value is -3.24. The first-order valence-corrected chi connectivity index (χ1v) is 11.6. The molecular formula is C25H28F5N3O3. The van der Waals surface area contributed by atoms with E-state index >= 15 is 0 Å². The van der Waals surface area contributed by atoms with Gasteiger partial charge in [-0.1, -0.05) is 6.07 Å². The van der Waals surface area contributed by atoms with Crippen LogP contribution in [-0.4, -0.2) is 47.5 Å². The van der Waals surface area contributed by atoms with Crippen molar-refractivity contribution in [2.45, 2.75) is 58.5 Å². The van der Waals surface area contributed by atoms with E-state index in [1.165, 1.54) is 17.0 Å². The van der Waals surface area contributed by atoms with E-state index in [0.29, 0.717) is 30.8 Å². The zero-order valence-corrected chi connectivity index (χ0v) is 20.4. The fraction of sp³-hybridized carbons (Fsp3) is 0.480. The second-order valence-corrected chi connectivity index (χ2v) is 9.97. The minimum absolute atomic E-state index is 0.123. The highest BCUT2D eigenvalue weighted by Crippen LogP contribution is 2.45. The minimum atomic E-state index is -4.80. The molecule has 1 unspecified atom stereocenters. The van der Waals surface area contributed by atoms with Gasteiger partial charge in [0.25, 0.3) is 0 Å². The van der Waals surface area contributed by atoms with Gasteiger partial charge in [-0.15, -0.1) is 13.2 Å². The number of hydrogen-bond donors (Lipinski definition) is 1. The molecule has 0 saturated heterocycles. The maximum atomic E-state index is 14.8. The molecule has 1 aromatic rings. The second-order valence-electron chi connectivity index (χ2n) is 9.97. The predicted octanol–water partition coefficient (Wildman–Crippen LogP) is 5.86. The lowest BCUT2D eigenvalue weighted by molar-refractivity contribution is -0.307. The van der Waals surface area contributed by atoms with Crippen molar-refractivity contribution in [1.82, 2.24) is 15.1 Å². The van der Waals surface area contributed by atoms with Crippen LogP contribution in [0.3, 0.4) is 0 Å². The number of halogens is 5. The summed E-state index contributed by atoms with van der Waals surface area (Å²) in [6.45, 7) is 7.78. The molecule has 1 amide bonds. The summed E-state index contributed by atoms with van der Waals surface area (Å²) in [6.07, 6.45) is -3.59. The van der Waals surface area contributed by atoms with Crippen molar-refractivity contribution < 1.29 is 36.2 Å². The van der Waals surface area contributed by atoms with E-state index in [2.05, 4.69) is 10.1 Å². The number of carbonyl (C=O) groups excluding carboxylic acids is 1. The number of dihydropyridines is 1. The van der Waals surface area contributed by atoms with Crippen LogP contribution in [0.4, 0.5) is 26.7 Å². The summed E-state index contributed by atoms with van der Waals surface area (Å²) in [7, 11) is 0. The third kappa shape index (κ3) is 5.44. The first-order valence-electron chi connectivity index (χ1n) is 11.6. The summed E-state index contributed by atoms with van der Waals surface area (Å²) in [6, 6.07) is 2.68. The SMILES string of the molecule is CC1=C(N2CCC3=C(CC(c4c(F)cccc4F)N3C(=O)OC(C)(C)C)C2)CNC(OC(F)(F)F)=C1. The quantitative estimate of drug-likeness (QED) is 0.513. The van der Waals surface area contributed by atoms with Crippen molar-refractivity contribution in [3.63, 3.8) is 0 Å². The molecule has 0 aromatic heterocycles. The van der Waals surface area contributed by atoms with Gasteiger partial charge in [0.15, 0.2) is 5.88 Å². The van der Waals surface area contributed by atoms with Crippen LogP contribution in [0.25, 0.3) is 0 Å². The van der Waals surface area contributed by atoms with Crippen molar-refractivity contribution >= 4 is 6.09 Å². The Kier molecular flexibility index (Phi) is 6.70. The van der Waals surface area contributed by atoms with E-state index in [0.717, 1.165) is 23.4 Å². The van der Waals surface area contributed by atoms with Crippen molar-refractivity contribution in [1.29, 1.82) is 0 Å². The highest BCUT2D eigenvalue weighted by atomic mass is 19.4. The maximum Gasteiger partial charge on any atom is 0.574 e. The Morgan fingerprint density at radius 1 is 1.11 bits per heavy atom. The van der Waals surface area contributed by atoms with E-state index in [1.54, 1.807) is 27.7 Å². The van der Waals surface area contributed by atoms with Gasteiger partial charge in [-0.25, -0.2) is 13.6 Å². The summed E-state index contributed by atoms with van der Waals surface area (Å²) in [4.78, 5) is 16.5. The highest BCUT2D eigenvalue weighted by Gasteiger charge is 2.43. The van der Waals surface area contributed by atoms with E-state index in [4.69, 9.17) is 4.74 Å². The average molecular weight is 514 g/mol. The Morgan fingerprint density at radius 3 is 2.36 bits per heavy atom. The number of amides is 1. The molecule has 0 bridgehead atoms. The van der Waals surface area contributed by atoms with Crippen LogP contribution in [0.15, 0.2) is 52.7 Å². The predicted molar refractivity (Wildman–Crippen MR) is 121 cm³/mol. The van der Waals surface area contributed by atoms with E-state index < -0.39 is 35.7 Å². The molecule has 196 valence electrons. The van der Waals surface area contributed by atoms with E-state index in [1.807, 2.05) is 4.90 Å². The number of alkyl halides is 3. The van der Waals surface area contributed by atoms with Gasteiger partial charge in [0, 0.05) is 42.5 Å². The Labute approximate surface area is 206 Å². The smallest absolute Gasteiger partial charge is 0.443 e. The number of hydrogen-bond acceptors (Lipinski definition) is 5. The van der Waals surface area contributed by atoms with Crippen LogP contribution in [0.2, 0.25) is 0 Å². The van der Waals surface area contributed by atoms with Crippen LogP contribution in [0.1, 0.15) is 52.1 Å². The number of carbonyl (C=O) groups is 1. The standard InChI is InChI=1S/C25H28F5N3O3/c1-14-10-21(35-25(28,29)30)31-12-20(14)32-9-8-18-15(13-32)11-19(22-16(26)6-5-7-17(22)27)33(18)23(34)36-24(2,3)4/h5-7,10,19,31H,8-9,11-13H2,1-4H3. The highest BCUT2D eigenvalue weighted by molar-refractivity contribution is 5.73. The monoisotopic (exact) mass is 513 g/mol. The second kappa shape index (κ2) is 9.33. The lowest BCUT2D eigenvalue weighted by atomic mass is 9.98. The normalized spacial score (nSPS) is 20.8. The molecule has 11 heteroatoms. The largest absolute Gasteiger partial charge is 0.574 e. The van der Waals surface area contributed by atoms with Gasteiger partial charge in [-0.2, -0.15) is 0 Å². The number of nitrogens with one attached hydrogen (secondary N) is 1. The van der Waals surface area contributed by atoms with Gasteiger partial charge in [0.2, 0.25) is 0 Å². The molecule has 3 aliphatic rings. The van der Waals surface area contributed by atoms with Gasteiger partial charge in [0.05, 0.1) is 12.6 Å². The third-order valence-electron chi connectivity index (χ3n) is 6.21. The van der Waals surface area contributed by atoms with Crippen molar-refractivity contribution in [2.75, 3.05) is 19.6 Å². The topological polar surface area (TPSA) is 54.0 Å². The first kappa shape index (κ1) is 25.8. The maximum absolute atomic E-state index is 14.8. The molecule has 36 heavy (non-hydrogen) atoms. The van der Waals surface area contributed by atoms with Crippen LogP contribution in [-0.2, 0) is 9.47 Å². The zero-order chi connectivity index (χ0) is 26.4. The van der Waals surface area contributed by atoms with Gasteiger partial charge in [0.1, 0.15) is 17.2 Å². The molecule has 0 saturated carbocycles. The number of rotatable bonds is 3. The number of benzene rings is 1. The molecule has 4 rings (SSSR count). The van der Waals surface area contributed by atoms with Crippen molar-refractivity contribution in [3.05, 3.63) is 69.9 Å². The molecule has 0 spiro atoms. The summed E-state index contributed by atoms with van der Waals surface area (Å²) >= 11 is 0. The van der Waals surface area contributed by atoms with Crippen LogP contribution >= 0.6 is 0 Å². The van der Waals surface area contributed by atoms with E-state index in [9.17, 15) is 26.7 Å². The van der Waals surface area contributed by atoms with E-state index in [-0.39, 0.29) is 24.4 Å². The Morgan fingerprint density at radius 2 is 1.78 bits per heavy atom. The summed E-state index contributed by atoms with van der Waals surface area (Å²) < 4.78 is 76.8. The van der Waals surface area contributed by atoms with Crippen LogP contribution in [0.5, 0.6) is 0 Å². The molecular weight excluding hydrogens is 485 g/mol. The molecule has 0 radical (unpaired) electrons. The van der Waals surface area contributed by atoms with Crippen molar-refractivity contribution in [3.8, 4) is 0 Å². The Balaban J connectivity index is 1.63. The Bertz CT molecular complexity index is 1130. The molecule has 3 heterocycles. The average Bonchev–Trinajstić information content (AvgIpc) is 3.09. The number of nitrogens with zero attached hydrogens (tertiary/aromatic N) is 2. The molecule has 0 aliphatic carbocycles. The van der Waals surface area contributed by atoms with Gasteiger partial charge in [-0.05, 0) is 57.4 Å². The summed E-state index contributed by atoms with van der Waals surface area (Å²) in [5, 5.41) is 2.64. The third-order valence-corrected chi connectivity index (χ3v) is 6.21. The van der Waals surface area contributed by atoms with Crippen molar-refractivity contribution in [2.24, 2.45) is 0 Å². The summed E-state index contributed by atoms with van der Waals surface area (Å²) in [5.74, 6) is -1.88. The molecule has 1 aromatic carbocycles. The number of allylic oxidation sites excluding steroid dienone is 2. The molecule has 3 aliphatic heterocycles. The molecule has 1 atom stereocenters. The number of ether oxygens (including phenoxy) is 2. The fourth-order valence-electron chi connectivity index (χ4n) is 4.84. The zero-order valence-electron chi connectivity index (χ0n) is 20.4. The summed E-state index contributed by atoms with van der Waals surface area (Å²) in [5.41, 5.74) is 1.86. The molecule has 0 fully saturated rings. The lowest BCUT2D eigenvalue weighted by Crippen LogP contribution is -2.40.